The van der Waals surface area contributed by atoms with E-state index in [4.69, 9.17) is 11.6 Å². The first-order valence-electron chi connectivity index (χ1n) is 4.91. The van der Waals surface area contributed by atoms with Crippen molar-refractivity contribution in [2.45, 2.75) is 6.42 Å². The van der Waals surface area contributed by atoms with Crippen LogP contribution in [0.1, 0.15) is 16.2 Å². The van der Waals surface area contributed by atoms with Crippen LogP contribution in [0.15, 0.2) is 36.7 Å². The SMILES string of the molecule is O=C(Cc1cc(F)ccc1Cl)c1ncccn1. The van der Waals surface area contributed by atoms with Crippen LogP contribution in [0.2, 0.25) is 5.02 Å². The highest BCUT2D eigenvalue weighted by Gasteiger charge is 2.12. The fraction of sp³-hybridized carbons (Fsp3) is 0.0833. The van der Waals surface area contributed by atoms with Crippen LogP contribution in [0.4, 0.5) is 4.39 Å². The highest BCUT2D eigenvalue weighted by Crippen LogP contribution is 2.18. The van der Waals surface area contributed by atoms with Crippen molar-refractivity contribution in [1.29, 1.82) is 0 Å². The minimum Gasteiger partial charge on any atom is -0.290 e. The number of carbonyl (C=O) groups excluding carboxylic acids is 1. The molecule has 1 heterocycles. The third-order valence-electron chi connectivity index (χ3n) is 2.17. The number of ketones is 1. The van der Waals surface area contributed by atoms with Gasteiger partial charge in [-0.2, -0.15) is 0 Å². The van der Waals surface area contributed by atoms with Gasteiger partial charge in [-0.05, 0) is 29.8 Å². The van der Waals surface area contributed by atoms with Crippen LogP contribution in [0.5, 0.6) is 0 Å². The Hall–Kier alpha value is -1.81. The lowest BCUT2D eigenvalue weighted by Crippen LogP contribution is -2.08. The molecular weight excluding hydrogens is 243 g/mol. The van der Waals surface area contributed by atoms with Crippen LogP contribution in [-0.2, 0) is 6.42 Å². The van der Waals surface area contributed by atoms with Gasteiger partial charge in [0.25, 0.3) is 0 Å². The minimum absolute atomic E-state index is 0.0133. The first-order chi connectivity index (χ1) is 8.16. The Balaban J connectivity index is 2.22. The largest absolute Gasteiger partial charge is 0.290 e. The monoisotopic (exact) mass is 250 g/mol. The van der Waals surface area contributed by atoms with E-state index in [1.807, 2.05) is 0 Å². The summed E-state index contributed by atoms with van der Waals surface area (Å²) in [7, 11) is 0. The molecule has 0 bridgehead atoms. The van der Waals surface area contributed by atoms with Gasteiger partial charge in [0.05, 0.1) is 0 Å². The molecule has 0 radical (unpaired) electrons. The maximum Gasteiger partial charge on any atom is 0.204 e. The Morgan fingerprint density at radius 3 is 2.71 bits per heavy atom. The summed E-state index contributed by atoms with van der Waals surface area (Å²) in [6, 6.07) is 5.52. The van der Waals surface area contributed by atoms with Crippen molar-refractivity contribution in [2.24, 2.45) is 0 Å². The molecule has 5 heteroatoms. The number of benzene rings is 1. The lowest BCUT2D eigenvalue weighted by atomic mass is 10.1. The molecule has 17 heavy (non-hydrogen) atoms. The second kappa shape index (κ2) is 5.01. The zero-order valence-corrected chi connectivity index (χ0v) is 9.49. The van der Waals surface area contributed by atoms with Gasteiger partial charge in [0.1, 0.15) is 5.82 Å². The summed E-state index contributed by atoms with van der Waals surface area (Å²) in [6.45, 7) is 0. The smallest absolute Gasteiger partial charge is 0.204 e. The first kappa shape index (κ1) is 11.7. The number of rotatable bonds is 3. The summed E-state index contributed by atoms with van der Waals surface area (Å²) in [5.74, 6) is -0.614. The molecule has 0 fully saturated rings. The van der Waals surface area contributed by atoms with Crippen molar-refractivity contribution in [1.82, 2.24) is 9.97 Å². The van der Waals surface area contributed by atoms with Crippen LogP contribution in [0.25, 0.3) is 0 Å². The average Bonchev–Trinajstić information content (AvgIpc) is 2.35. The van der Waals surface area contributed by atoms with E-state index in [1.165, 1.54) is 30.6 Å². The van der Waals surface area contributed by atoms with E-state index in [-0.39, 0.29) is 18.0 Å². The van der Waals surface area contributed by atoms with E-state index in [0.29, 0.717) is 10.6 Å². The fourth-order valence-electron chi connectivity index (χ4n) is 1.37. The standard InChI is InChI=1S/C12H8ClFN2O/c13-10-3-2-9(14)6-8(10)7-11(17)12-15-4-1-5-16-12/h1-6H,7H2. The molecule has 1 aromatic heterocycles. The van der Waals surface area contributed by atoms with Crippen LogP contribution in [0, 0.1) is 5.82 Å². The number of Topliss-reactive ketones (excluding diaryl/α,β-unsaturated/α-hetero) is 1. The molecule has 0 aliphatic rings. The second-order valence-corrected chi connectivity index (χ2v) is 3.82. The second-order valence-electron chi connectivity index (χ2n) is 3.41. The topological polar surface area (TPSA) is 42.9 Å². The number of halogens is 2. The number of aromatic nitrogens is 2. The van der Waals surface area contributed by atoms with Crippen molar-refractivity contribution < 1.29 is 9.18 Å². The summed E-state index contributed by atoms with van der Waals surface area (Å²) < 4.78 is 13.0. The van der Waals surface area contributed by atoms with Gasteiger partial charge in [0.15, 0.2) is 5.82 Å². The Kier molecular flexibility index (Phi) is 3.44. The van der Waals surface area contributed by atoms with E-state index in [9.17, 15) is 9.18 Å². The van der Waals surface area contributed by atoms with E-state index < -0.39 is 5.82 Å². The molecule has 0 amide bonds. The molecular formula is C12H8ClFN2O. The predicted molar refractivity (Wildman–Crippen MR) is 61.5 cm³/mol. The van der Waals surface area contributed by atoms with Crippen molar-refractivity contribution in [3.8, 4) is 0 Å². The molecule has 1 aromatic carbocycles. The van der Waals surface area contributed by atoms with Gasteiger partial charge in [-0.25, -0.2) is 14.4 Å². The van der Waals surface area contributed by atoms with Gasteiger partial charge in [-0.1, -0.05) is 11.6 Å². The number of carbonyl (C=O) groups is 1. The van der Waals surface area contributed by atoms with Gasteiger partial charge in [0, 0.05) is 23.8 Å². The molecule has 0 saturated heterocycles. The van der Waals surface area contributed by atoms with Crippen LogP contribution in [-0.4, -0.2) is 15.8 Å². The zero-order chi connectivity index (χ0) is 12.3. The van der Waals surface area contributed by atoms with Crippen molar-refractivity contribution in [3.63, 3.8) is 0 Å². The maximum absolute atomic E-state index is 13.0. The summed E-state index contributed by atoms with van der Waals surface area (Å²) in [5, 5.41) is 0.357. The van der Waals surface area contributed by atoms with Gasteiger partial charge >= 0.3 is 0 Å². The first-order valence-corrected chi connectivity index (χ1v) is 5.29. The highest BCUT2D eigenvalue weighted by atomic mass is 35.5. The molecule has 0 aliphatic carbocycles. The molecule has 0 aliphatic heterocycles. The number of hydrogen-bond donors (Lipinski definition) is 0. The third-order valence-corrected chi connectivity index (χ3v) is 2.54. The maximum atomic E-state index is 13.0. The highest BCUT2D eigenvalue weighted by molar-refractivity contribution is 6.31. The van der Waals surface area contributed by atoms with Gasteiger partial charge in [-0.3, -0.25) is 4.79 Å². The fourth-order valence-corrected chi connectivity index (χ4v) is 1.56. The molecule has 86 valence electrons. The summed E-state index contributed by atoms with van der Waals surface area (Å²) in [5.41, 5.74) is 0.434. The van der Waals surface area contributed by atoms with Crippen molar-refractivity contribution in [2.75, 3.05) is 0 Å². The summed E-state index contributed by atoms with van der Waals surface area (Å²) >= 11 is 5.87. The molecule has 0 unspecified atom stereocenters. The number of nitrogens with zero attached hydrogens (tertiary/aromatic N) is 2. The van der Waals surface area contributed by atoms with E-state index in [1.54, 1.807) is 6.07 Å². The van der Waals surface area contributed by atoms with Crippen molar-refractivity contribution in [3.05, 3.63) is 58.9 Å². The number of hydrogen-bond acceptors (Lipinski definition) is 3. The molecule has 2 aromatic rings. The van der Waals surface area contributed by atoms with Gasteiger partial charge < -0.3 is 0 Å². The average molecular weight is 251 g/mol. The van der Waals surface area contributed by atoms with Crippen molar-refractivity contribution >= 4 is 17.4 Å². The molecule has 0 spiro atoms. The summed E-state index contributed by atoms with van der Waals surface area (Å²) in [6.07, 6.45) is 2.95. The molecule has 0 saturated carbocycles. The minimum atomic E-state index is -0.425. The van der Waals surface area contributed by atoms with Crippen LogP contribution >= 0.6 is 11.6 Å². The molecule has 0 atom stereocenters. The molecule has 0 N–H and O–H groups in total. The molecule has 2 rings (SSSR count). The lowest BCUT2D eigenvalue weighted by molar-refractivity contribution is 0.0983. The van der Waals surface area contributed by atoms with Crippen LogP contribution < -0.4 is 0 Å². The third kappa shape index (κ3) is 2.85. The van der Waals surface area contributed by atoms with Crippen LogP contribution in [0.3, 0.4) is 0 Å². The molecule has 3 nitrogen and oxygen atoms in total. The van der Waals surface area contributed by atoms with E-state index in [2.05, 4.69) is 9.97 Å². The Morgan fingerprint density at radius 2 is 2.00 bits per heavy atom. The van der Waals surface area contributed by atoms with E-state index in [0.717, 1.165) is 0 Å². The predicted octanol–water partition coefficient (Wildman–Crippen LogP) is 2.69. The zero-order valence-electron chi connectivity index (χ0n) is 8.73. The van der Waals surface area contributed by atoms with Gasteiger partial charge in [0.2, 0.25) is 5.78 Å². The normalized spacial score (nSPS) is 10.2. The Labute approximate surface area is 102 Å². The Bertz CT molecular complexity index is 545. The summed E-state index contributed by atoms with van der Waals surface area (Å²) in [4.78, 5) is 19.4. The van der Waals surface area contributed by atoms with Gasteiger partial charge in [-0.15, -0.1) is 0 Å². The quantitative estimate of drug-likeness (QED) is 0.787. The lowest BCUT2D eigenvalue weighted by Gasteiger charge is -2.02. The Morgan fingerprint density at radius 1 is 1.29 bits per heavy atom. The van der Waals surface area contributed by atoms with E-state index >= 15 is 0 Å².